The second-order valence-electron chi connectivity index (χ2n) is 4.98. The number of alkyl halides is 1. The third kappa shape index (κ3) is 4.41. The van der Waals surface area contributed by atoms with Crippen molar-refractivity contribution >= 4 is 39.1 Å². The predicted molar refractivity (Wildman–Crippen MR) is 82.5 cm³/mol. The van der Waals surface area contributed by atoms with Crippen LogP contribution in [0.25, 0.3) is 0 Å². The SMILES string of the molecule is Clc1cc(Br)ccc1CNCC1CCC(Cl)CC1. The molecule has 1 N–H and O–H groups in total. The molecule has 0 aliphatic heterocycles. The van der Waals surface area contributed by atoms with E-state index in [1.807, 2.05) is 12.1 Å². The summed E-state index contributed by atoms with van der Waals surface area (Å²) in [6.45, 7) is 1.91. The summed E-state index contributed by atoms with van der Waals surface area (Å²) >= 11 is 15.7. The molecule has 0 atom stereocenters. The third-order valence-corrected chi connectivity index (χ3v) is 4.82. The van der Waals surface area contributed by atoms with Crippen LogP contribution in [0.4, 0.5) is 0 Å². The third-order valence-electron chi connectivity index (χ3n) is 3.54. The van der Waals surface area contributed by atoms with Gasteiger partial charge in [0.2, 0.25) is 0 Å². The summed E-state index contributed by atoms with van der Waals surface area (Å²) in [6, 6.07) is 6.04. The molecule has 1 aliphatic carbocycles. The van der Waals surface area contributed by atoms with Gasteiger partial charge in [-0.15, -0.1) is 11.6 Å². The summed E-state index contributed by atoms with van der Waals surface area (Å²) in [5.41, 5.74) is 1.16. The van der Waals surface area contributed by atoms with Gasteiger partial charge < -0.3 is 5.32 Å². The molecule has 4 heteroatoms. The molecule has 0 bridgehead atoms. The zero-order valence-corrected chi connectivity index (χ0v) is 13.4. The van der Waals surface area contributed by atoms with Crippen molar-refractivity contribution in [3.05, 3.63) is 33.3 Å². The first-order valence-corrected chi connectivity index (χ1v) is 8.04. The molecule has 1 aromatic rings. The molecule has 2 rings (SSSR count). The number of nitrogens with one attached hydrogen (secondary N) is 1. The van der Waals surface area contributed by atoms with Gasteiger partial charge in [-0.25, -0.2) is 0 Å². The Hall–Kier alpha value is 0.240. The van der Waals surface area contributed by atoms with Crippen LogP contribution in [0.3, 0.4) is 0 Å². The van der Waals surface area contributed by atoms with E-state index in [0.717, 1.165) is 46.9 Å². The molecule has 0 unspecified atom stereocenters. The summed E-state index contributed by atoms with van der Waals surface area (Å²) < 4.78 is 1.02. The van der Waals surface area contributed by atoms with E-state index in [1.54, 1.807) is 0 Å². The summed E-state index contributed by atoms with van der Waals surface area (Å²) in [7, 11) is 0. The van der Waals surface area contributed by atoms with Crippen LogP contribution in [0, 0.1) is 5.92 Å². The van der Waals surface area contributed by atoms with Crippen molar-refractivity contribution in [2.45, 2.75) is 37.6 Å². The molecule has 1 nitrogen and oxygen atoms in total. The summed E-state index contributed by atoms with van der Waals surface area (Å²) in [6.07, 6.45) is 4.81. The van der Waals surface area contributed by atoms with Gasteiger partial charge in [-0.1, -0.05) is 33.6 Å². The minimum atomic E-state index is 0.405. The second-order valence-corrected chi connectivity index (χ2v) is 6.92. The van der Waals surface area contributed by atoms with Gasteiger partial charge in [-0.2, -0.15) is 0 Å². The molecule has 1 aromatic carbocycles. The highest BCUT2D eigenvalue weighted by Crippen LogP contribution is 2.27. The van der Waals surface area contributed by atoms with Crippen LogP contribution in [-0.4, -0.2) is 11.9 Å². The maximum atomic E-state index is 6.18. The summed E-state index contributed by atoms with van der Waals surface area (Å²) in [5.74, 6) is 0.772. The Morgan fingerprint density at radius 1 is 1.22 bits per heavy atom. The Bertz CT molecular complexity index is 389. The highest BCUT2D eigenvalue weighted by molar-refractivity contribution is 9.10. The van der Waals surface area contributed by atoms with Gasteiger partial charge in [0.1, 0.15) is 0 Å². The van der Waals surface area contributed by atoms with E-state index in [1.165, 1.54) is 12.8 Å². The highest BCUT2D eigenvalue weighted by Gasteiger charge is 2.18. The van der Waals surface area contributed by atoms with Gasteiger partial charge in [-0.3, -0.25) is 0 Å². The van der Waals surface area contributed by atoms with Crippen molar-refractivity contribution in [1.29, 1.82) is 0 Å². The van der Waals surface area contributed by atoms with E-state index in [9.17, 15) is 0 Å². The van der Waals surface area contributed by atoms with Crippen LogP contribution in [-0.2, 0) is 6.54 Å². The van der Waals surface area contributed by atoms with E-state index in [2.05, 4.69) is 27.3 Å². The van der Waals surface area contributed by atoms with Gasteiger partial charge in [0.05, 0.1) is 0 Å². The van der Waals surface area contributed by atoms with Crippen molar-refractivity contribution in [1.82, 2.24) is 5.32 Å². The summed E-state index contributed by atoms with van der Waals surface area (Å²) in [4.78, 5) is 0. The summed E-state index contributed by atoms with van der Waals surface area (Å²) in [5, 5.41) is 4.73. The standard InChI is InChI=1S/C14H18BrCl2N/c15-12-4-3-11(14(17)7-12)9-18-8-10-1-5-13(16)6-2-10/h3-4,7,10,13,18H,1-2,5-6,8-9H2. The van der Waals surface area contributed by atoms with Crippen LogP contribution < -0.4 is 5.32 Å². The maximum absolute atomic E-state index is 6.18. The normalized spacial score (nSPS) is 24.2. The molecule has 0 saturated heterocycles. The number of halogens is 3. The lowest BCUT2D eigenvalue weighted by Crippen LogP contribution is -2.26. The zero-order valence-electron chi connectivity index (χ0n) is 10.3. The fourth-order valence-corrected chi connectivity index (χ4v) is 3.39. The highest BCUT2D eigenvalue weighted by atomic mass is 79.9. The molecule has 1 aliphatic rings. The van der Waals surface area contributed by atoms with Gasteiger partial charge in [0.15, 0.2) is 0 Å². The van der Waals surface area contributed by atoms with Crippen molar-refractivity contribution < 1.29 is 0 Å². The fraction of sp³-hybridized carbons (Fsp3) is 0.571. The van der Waals surface area contributed by atoms with Crippen molar-refractivity contribution in [2.75, 3.05) is 6.54 Å². The van der Waals surface area contributed by atoms with Gasteiger partial charge in [0, 0.05) is 21.4 Å². The second kappa shape index (κ2) is 7.14. The lowest BCUT2D eigenvalue weighted by Gasteiger charge is -2.25. The Labute approximate surface area is 127 Å². The van der Waals surface area contributed by atoms with Crippen LogP contribution in [0.1, 0.15) is 31.2 Å². The predicted octanol–water partition coefficient (Wildman–Crippen LogP) is 4.99. The molecule has 0 spiro atoms. The van der Waals surface area contributed by atoms with Crippen LogP contribution in [0.5, 0.6) is 0 Å². The van der Waals surface area contributed by atoms with Crippen LogP contribution in [0.15, 0.2) is 22.7 Å². The number of rotatable bonds is 4. The Morgan fingerprint density at radius 2 is 1.94 bits per heavy atom. The van der Waals surface area contributed by atoms with Gasteiger partial charge in [-0.05, 0) is 55.8 Å². The molecule has 0 heterocycles. The van der Waals surface area contributed by atoms with E-state index >= 15 is 0 Å². The quantitative estimate of drug-likeness (QED) is 0.754. The Balaban J connectivity index is 1.75. The van der Waals surface area contributed by atoms with E-state index < -0.39 is 0 Å². The van der Waals surface area contributed by atoms with Crippen LogP contribution in [0.2, 0.25) is 5.02 Å². The number of benzene rings is 1. The molecule has 100 valence electrons. The minimum absolute atomic E-state index is 0.405. The molecule has 0 aromatic heterocycles. The van der Waals surface area contributed by atoms with E-state index in [4.69, 9.17) is 23.2 Å². The molecule has 18 heavy (non-hydrogen) atoms. The molecule has 0 amide bonds. The fourth-order valence-electron chi connectivity index (χ4n) is 2.40. The zero-order chi connectivity index (χ0) is 13.0. The lowest BCUT2D eigenvalue weighted by molar-refractivity contribution is 0.345. The monoisotopic (exact) mass is 349 g/mol. The van der Waals surface area contributed by atoms with Crippen LogP contribution >= 0.6 is 39.1 Å². The molecule has 1 fully saturated rings. The average Bonchev–Trinajstić information content (AvgIpc) is 2.34. The first kappa shape index (κ1) is 14.6. The van der Waals surface area contributed by atoms with E-state index in [0.29, 0.717) is 5.38 Å². The number of hydrogen-bond acceptors (Lipinski definition) is 1. The Morgan fingerprint density at radius 3 is 2.61 bits per heavy atom. The maximum Gasteiger partial charge on any atom is 0.0462 e. The van der Waals surface area contributed by atoms with E-state index in [-0.39, 0.29) is 0 Å². The topological polar surface area (TPSA) is 12.0 Å². The van der Waals surface area contributed by atoms with Gasteiger partial charge in [0.25, 0.3) is 0 Å². The van der Waals surface area contributed by atoms with Crippen molar-refractivity contribution in [2.24, 2.45) is 5.92 Å². The Kier molecular flexibility index (Phi) is 5.81. The first-order valence-electron chi connectivity index (χ1n) is 6.44. The smallest absolute Gasteiger partial charge is 0.0462 e. The molecular formula is C14H18BrCl2N. The average molecular weight is 351 g/mol. The van der Waals surface area contributed by atoms with Gasteiger partial charge >= 0.3 is 0 Å². The van der Waals surface area contributed by atoms with Crippen molar-refractivity contribution in [3.8, 4) is 0 Å². The first-order chi connectivity index (χ1) is 8.65. The molecular weight excluding hydrogens is 333 g/mol. The molecule has 1 saturated carbocycles. The minimum Gasteiger partial charge on any atom is -0.312 e. The largest absolute Gasteiger partial charge is 0.312 e. The molecule has 0 radical (unpaired) electrons. The van der Waals surface area contributed by atoms with Crippen molar-refractivity contribution in [3.63, 3.8) is 0 Å². The lowest BCUT2D eigenvalue weighted by atomic mass is 9.89. The number of hydrogen-bond donors (Lipinski definition) is 1.